The van der Waals surface area contributed by atoms with Crippen molar-refractivity contribution in [1.29, 1.82) is 0 Å². The van der Waals surface area contributed by atoms with Crippen molar-refractivity contribution in [2.24, 2.45) is 0 Å². The van der Waals surface area contributed by atoms with Crippen LogP contribution < -0.4 is 0 Å². The zero-order valence-corrected chi connectivity index (χ0v) is 14.7. The van der Waals surface area contributed by atoms with Crippen LogP contribution in [0.1, 0.15) is 59.5 Å². The van der Waals surface area contributed by atoms with Gasteiger partial charge in [-0.05, 0) is 30.4 Å². The molecule has 2 rings (SSSR count). The fraction of sp³-hybridized carbons (Fsp3) is 0.421. The highest BCUT2D eigenvalue weighted by molar-refractivity contribution is 5.91. The minimum absolute atomic E-state index is 0.143. The lowest BCUT2D eigenvalue weighted by Crippen LogP contribution is -2.13. The topological polar surface area (TPSA) is 52.1 Å². The van der Waals surface area contributed by atoms with E-state index < -0.39 is 0 Å². The van der Waals surface area contributed by atoms with Gasteiger partial charge in [0.15, 0.2) is 0 Å². The number of esters is 1. The Morgan fingerprint density at radius 1 is 1.04 bits per heavy atom. The highest BCUT2D eigenvalue weighted by atomic mass is 16.5. The molecule has 0 saturated heterocycles. The maximum Gasteiger partial charge on any atom is 0.341 e. The number of methoxy groups -OCH3 is 1. The molecule has 122 valence electrons. The van der Waals surface area contributed by atoms with E-state index in [2.05, 4.69) is 55.0 Å². The lowest BCUT2D eigenvalue weighted by atomic mass is 9.86. The van der Waals surface area contributed by atoms with E-state index in [4.69, 9.17) is 4.74 Å². The number of rotatable bonds is 3. The molecule has 0 bridgehead atoms. The predicted molar refractivity (Wildman–Crippen MR) is 90.8 cm³/mol. The molecular weight excluding hydrogens is 288 g/mol. The van der Waals surface area contributed by atoms with Crippen LogP contribution in [0.2, 0.25) is 0 Å². The fourth-order valence-electron chi connectivity index (χ4n) is 2.57. The molecule has 1 aromatic carbocycles. The van der Waals surface area contributed by atoms with Gasteiger partial charge in [0.05, 0.1) is 18.5 Å². The maximum absolute atomic E-state index is 11.8. The van der Waals surface area contributed by atoms with Gasteiger partial charge in [0.2, 0.25) is 0 Å². The van der Waals surface area contributed by atoms with Gasteiger partial charge in [0.25, 0.3) is 0 Å². The Bertz CT molecular complexity index is 690. The summed E-state index contributed by atoms with van der Waals surface area (Å²) < 4.78 is 4.78. The smallest absolute Gasteiger partial charge is 0.341 e. The molecule has 0 aliphatic heterocycles. The zero-order valence-electron chi connectivity index (χ0n) is 14.7. The van der Waals surface area contributed by atoms with Crippen LogP contribution in [0.15, 0.2) is 24.3 Å². The van der Waals surface area contributed by atoms with Gasteiger partial charge in [-0.15, -0.1) is 0 Å². The van der Waals surface area contributed by atoms with Gasteiger partial charge in [0, 0.05) is 6.42 Å². The van der Waals surface area contributed by atoms with Crippen molar-refractivity contribution in [3.63, 3.8) is 0 Å². The molecule has 4 heteroatoms. The Morgan fingerprint density at radius 3 is 2.00 bits per heavy atom. The van der Waals surface area contributed by atoms with Crippen LogP contribution in [0.5, 0.6) is 0 Å². The molecule has 0 fully saturated rings. The van der Waals surface area contributed by atoms with Crippen molar-refractivity contribution in [1.82, 2.24) is 9.97 Å². The number of hydrogen-bond acceptors (Lipinski definition) is 4. The summed E-state index contributed by atoms with van der Waals surface area (Å²) in [6.45, 7) is 10.2. The molecule has 0 atom stereocenters. The Morgan fingerprint density at radius 2 is 1.57 bits per heavy atom. The summed E-state index contributed by atoms with van der Waals surface area (Å²) in [5.74, 6) is 0.331. The third kappa shape index (κ3) is 3.95. The van der Waals surface area contributed by atoms with E-state index in [0.717, 1.165) is 11.4 Å². The van der Waals surface area contributed by atoms with Gasteiger partial charge in [0.1, 0.15) is 11.4 Å². The second kappa shape index (κ2) is 6.49. The van der Waals surface area contributed by atoms with Gasteiger partial charge in [-0.25, -0.2) is 14.8 Å². The van der Waals surface area contributed by atoms with E-state index in [1.165, 1.54) is 12.7 Å². The molecule has 2 aromatic rings. The van der Waals surface area contributed by atoms with Crippen LogP contribution >= 0.6 is 0 Å². The average molecular weight is 312 g/mol. The highest BCUT2D eigenvalue weighted by Crippen LogP contribution is 2.23. The standard InChI is InChI=1S/C19H24N2O2/c1-12-17(18(22)23-6)13(2)21-16(20-12)11-14-7-9-15(10-8-14)19(3,4)5/h7-10H,11H2,1-6H3. The van der Waals surface area contributed by atoms with E-state index in [1.54, 1.807) is 0 Å². The Kier molecular flexibility index (Phi) is 4.83. The van der Waals surface area contributed by atoms with Crippen molar-refractivity contribution >= 4 is 5.97 Å². The van der Waals surface area contributed by atoms with Crippen molar-refractivity contribution in [2.75, 3.05) is 7.11 Å². The van der Waals surface area contributed by atoms with E-state index in [0.29, 0.717) is 23.4 Å². The third-order valence-electron chi connectivity index (χ3n) is 3.89. The molecule has 0 N–H and O–H groups in total. The van der Waals surface area contributed by atoms with E-state index in [-0.39, 0.29) is 11.4 Å². The second-order valence-electron chi connectivity index (χ2n) is 6.80. The Hall–Kier alpha value is -2.23. The number of carbonyl (C=O) groups is 1. The molecule has 0 aliphatic carbocycles. The number of aryl methyl sites for hydroxylation is 2. The molecule has 0 radical (unpaired) electrons. The summed E-state index contributed by atoms with van der Waals surface area (Å²) in [6.07, 6.45) is 0.646. The third-order valence-corrected chi connectivity index (χ3v) is 3.89. The molecular formula is C19H24N2O2. The number of ether oxygens (including phenoxy) is 1. The quantitative estimate of drug-likeness (QED) is 0.810. The Balaban J connectivity index is 2.26. The molecule has 1 heterocycles. The number of hydrogen-bond donors (Lipinski definition) is 0. The zero-order chi connectivity index (χ0) is 17.2. The molecule has 0 amide bonds. The van der Waals surface area contributed by atoms with Crippen molar-refractivity contribution in [3.05, 3.63) is 58.2 Å². The van der Waals surface area contributed by atoms with Crippen LogP contribution in [0.4, 0.5) is 0 Å². The minimum Gasteiger partial charge on any atom is -0.465 e. The molecule has 0 unspecified atom stereocenters. The first-order chi connectivity index (χ1) is 10.7. The minimum atomic E-state index is -0.388. The van der Waals surface area contributed by atoms with Crippen LogP contribution in [-0.2, 0) is 16.6 Å². The fourth-order valence-corrected chi connectivity index (χ4v) is 2.57. The van der Waals surface area contributed by atoms with Gasteiger partial charge >= 0.3 is 5.97 Å². The number of nitrogens with zero attached hydrogens (tertiary/aromatic N) is 2. The summed E-state index contributed by atoms with van der Waals surface area (Å²) in [6, 6.07) is 8.53. The lowest BCUT2D eigenvalue weighted by Gasteiger charge is -2.19. The van der Waals surface area contributed by atoms with E-state index in [9.17, 15) is 4.79 Å². The van der Waals surface area contributed by atoms with Gasteiger partial charge < -0.3 is 4.74 Å². The van der Waals surface area contributed by atoms with Crippen LogP contribution in [-0.4, -0.2) is 23.0 Å². The monoisotopic (exact) mass is 312 g/mol. The molecule has 1 aromatic heterocycles. The number of aromatic nitrogens is 2. The summed E-state index contributed by atoms with van der Waals surface area (Å²) in [7, 11) is 1.37. The highest BCUT2D eigenvalue weighted by Gasteiger charge is 2.17. The number of carbonyl (C=O) groups excluding carboxylic acids is 1. The maximum atomic E-state index is 11.8. The van der Waals surface area contributed by atoms with E-state index in [1.807, 2.05) is 13.8 Å². The normalized spacial score (nSPS) is 11.4. The van der Waals surface area contributed by atoms with Gasteiger partial charge in [-0.1, -0.05) is 45.0 Å². The first-order valence-electron chi connectivity index (χ1n) is 7.74. The van der Waals surface area contributed by atoms with Crippen LogP contribution in [0.3, 0.4) is 0 Å². The van der Waals surface area contributed by atoms with Gasteiger partial charge in [-0.3, -0.25) is 0 Å². The van der Waals surface area contributed by atoms with Gasteiger partial charge in [-0.2, -0.15) is 0 Å². The Labute approximate surface area is 137 Å². The number of benzene rings is 1. The SMILES string of the molecule is COC(=O)c1c(C)nc(Cc2ccc(C(C)(C)C)cc2)nc1C. The first-order valence-corrected chi connectivity index (χ1v) is 7.74. The molecule has 0 aliphatic rings. The van der Waals surface area contributed by atoms with Crippen LogP contribution in [0.25, 0.3) is 0 Å². The lowest BCUT2D eigenvalue weighted by molar-refractivity contribution is 0.0598. The summed E-state index contributed by atoms with van der Waals surface area (Å²) in [5, 5.41) is 0. The van der Waals surface area contributed by atoms with Crippen molar-refractivity contribution < 1.29 is 9.53 Å². The largest absolute Gasteiger partial charge is 0.465 e. The summed E-state index contributed by atoms with van der Waals surface area (Å²) in [5.41, 5.74) is 4.37. The predicted octanol–water partition coefficient (Wildman–Crippen LogP) is 3.77. The second-order valence-corrected chi connectivity index (χ2v) is 6.80. The molecule has 23 heavy (non-hydrogen) atoms. The van der Waals surface area contributed by atoms with E-state index >= 15 is 0 Å². The first kappa shape index (κ1) is 17.1. The summed E-state index contributed by atoms with van der Waals surface area (Å²) >= 11 is 0. The molecule has 0 saturated carbocycles. The van der Waals surface area contributed by atoms with Crippen LogP contribution in [0, 0.1) is 13.8 Å². The molecule has 0 spiro atoms. The molecule has 4 nitrogen and oxygen atoms in total. The van der Waals surface area contributed by atoms with Crippen molar-refractivity contribution in [3.8, 4) is 0 Å². The summed E-state index contributed by atoms with van der Waals surface area (Å²) in [4.78, 5) is 20.7. The average Bonchev–Trinajstić information content (AvgIpc) is 2.45. The van der Waals surface area contributed by atoms with Crippen molar-refractivity contribution in [2.45, 2.75) is 46.5 Å².